The number of nitrogens with one attached hydrogen (secondary N) is 1. The second-order valence-electron chi connectivity index (χ2n) is 5.89. The molecule has 4 heteroatoms. The van der Waals surface area contributed by atoms with Crippen molar-refractivity contribution in [2.24, 2.45) is 0 Å². The van der Waals surface area contributed by atoms with Gasteiger partial charge in [0.25, 0.3) is 5.91 Å². The number of anilines is 1. The highest BCUT2D eigenvalue weighted by atomic mass is 79.9. The predicted octanol–water partition coefficient (Wildman–Crippen LogP) is 5.55. The van der Waals surface area contributed by atoms with E-state index in [0.29, 0.717) is 0 Å². The third kappa shape index (κ3) is 2.98. The van der Waals surface area contributed by atoms with E-state index in [2.05, 4.69) is 57.9 Å². The fourth-order valence-electron chi connectivity index (χ4n) is 3.17. The van der Waals surface area contributed by atoms with Crippen molar-refractivity contribution >= 4 is 38.4 Å². The molecule has 0 fully saturated rings. The van der Waals surface area contributed by atoms with Gasteiger partial charge in [-0.25, -0.2) is 0 Å². The van der Waals surface area contributed by atoms with Gasteiger partial charge in [-0.2, -0.15) is 0 Å². The zero-order chi connectivity index (χ0) is 17.3. The zero-order valence-corrected chi connectivity index (χ0v) is 15.8. The molecular weight excluding hydrogens is 364 g/mol. The lowest BCUT2D eigenvalue weighted by atomic mass is 10.1. The van der Waals surface area contributed by atoms with Gasteiger partial charge in [0, 0.05) is 27.6 Å². The molecule has 124 valence electrons. The van der Waals surface area contributed by atoms with Crippen LogP contribution in [0.5, 0.6) is 0 Å². The van der Waals surface area contributed by atoms with Gasteiger partial charge in [-0.3, -0.25) is 4.79 Å². The van der Waals surface area contributed by atoms with Gasteiger partial charge >= 0.3 is 0 Å². The summed E-state index contributed by atoms with van der Waals surface area (Å²) >= 11 is 3.44. The van der Waals surface area contributed by atoms with Crippen LogP contribution in [-0.2, 0) is 13.0 Å². The Morgan fingerprint density at radius 3 is 2.62 bits per heavy atom. The number of hydrogen-bond donors (Lipinski definition) is 1. The molecule has 0 aliphatic carbocycles. The van der Waals surface area contributed by atoms with E-state index in [9.17, 15) is 4.79 Å². The highest BCUT2D eigenvalue weighted by Gasteiger charge is 2.19. The summed E-state index contributed by atoms with van der Waals surface area (Å²) in [6.45, 7) is 7.01. The zero-order valence-electron chi connectivity index (χ0n) is 14.2. The Bertz CT molecular complexity index is 911. The number of rotatable bonds is 4. The van der Waals surface area contributed by atoms with E-state index in [1.165, 1.54) is 5.56 Å². The maximum Gasteiger partial charge on any atom is 0.272 e. The van der Waals surface area contributed by atoms with E-state index in [-0.39, 0.29) is 5.91 Å². The first-order chi connectivity index (χ1) is 11.5. The molecule has 1 aromatic heterocycles. The third-order valence-electron chi connectivity index (χ3n) is 4.40. The number of carbonyl (C=O) groups excluding carboxylic acids is 1. The summed E-state index contributed by atoms with van der Waals surface area (Å²) in [5.74, 6) is -0.0679. The lowest BCUT2D eigenvalue weighted by Gasteiger charge is -2.10. The van der Waals surface area contributed by atoms with Crippen LogP contribution in [0.25, 0.3) is 10.9 Å². The maximum atomic E-state index is 12.9. The highest BCUT2D eigenvalue weighted by Crippen LogP contribution is 2.28. The van der Waals surface area contributed by atoms with Crippen molar-refractivity contribution in [3.05, 3.63) is 63.8 Å². The van der Waals surface area contributed by atoms with Crippen molar-refractivity contribution in [1.29, 1.82) is 0 Å². The van der Waals surface area contributed by atoms with Crippen LogP contribution in [0.3, 0.4) is 0 Å². The minimum absolute atomic E-state index is 0.0679. The first kappa shape index (κ1) is 16.8. The molecule has 0 aliphatic heterocycles. The maximum absolute atomic E-state index is 12.9. The first-order valence-corrected chi connectivity index (χ1v) is 9.03. The molecule has 3 aromatic rings. The van der Waals surface area contributed by atoms with Crippen LogP contribution in [0.1, 0.15) is 35.5 Å². The van der Waals surface area contributed by atoms with Gasteiger partial charge in [0.05, 0.1) is 0 Å². The number of hydrogen-bond acceptors (Lipinski definition) is 1. The minimum Gasteiger partial charge on any atom is -0.337 e. The second kappa shape index (κ2) is 6.81. The highest BCUT2D eigenvalue weighted by molar-refractivity contribution is 9.10. The quantitative estimate of drug-likeness (QED) is 0.628. The van der Waals surface area contributed by atoms with Gasteiger partial charge in [-0.05, 0) is 61.7 Å². The monoisotopic (exact) mass is 384 g/mol. The molecule has 0 unspecified atom stereocenters. The molecule has 0 saturated carbocycles. The van der Waals surface area contributed by atoms with Gasteiger partial charge in [0.1, 0.15) is 5.69 Å². The summed E-state index contributed by atoms with van der Waals surface area (Å²) in [6, 6.07) is 14.1. The minimum atomic E-state index is -0.0679. The Balaban J connectivity index is 2.07. The molecule has 24 heavy (non-hydrogen) atoms. The first-order valence-electron chi connectivity index (χ1n) is 8.23. The van der Waals surface area contributed by atoms with Crippen LogP contribution in [0.2, 0.25) is 0 Å². The molecule has 1 heterocycles. The van der Waals surface area contributed by atoms with Gasteiger partial charge in [-0.1, -0.05) is 35.0 Å². The number of carbonyl (C=O) groups is 1. The third-order valence-corrected chi connectivity index (χ3v) is 4.90. The lowest BCUT2D eigenvalue weighted by molar-refractivity contribution is 0.101. The Kier molecular flexibility index (Phi) is 4.76. The Hall–Kier alpha value is -2.07. The average Bonchev–Trinajstić information content (AvgIpc) is 2.86. The van der Waals surface area contributed by atoms with E-state index in [4.69, 9.17) is 0 Å². The van der Waals surface area contributed by atoms with E-state index in [1.54, 1.807) is 0 Å². The summed E-state index contributed by atoms with van der Waals surface area (Å²) in [7, 11) is 0. The van der Waals surface area contributed by atoms with E-state index in [1.807, 2.05) is 31.2 Å². The van der Waals surface area contributed by atoms with Crippen molar-refractivity contribution in [3.63, 3.8) is 0 Å². The van der Waals surface area contributed by atoms with Crippen molar-refractivity contribution in [2.75, 3.05) is 5.32 Å². The molecular formula is C20H21BrN2O. The number of amides is 1. The van der Waals surface area contributed by atoms with Crippen LogP contribution in [-0.4, -0.2) is 10.5 Å². The fraction of sp³-hybridized carbons (Fsp3) is 0.250. The molecule has 3 rings (SSSR count). The molecule has 1 N–H and O–H groups in total. The van der Waals surface area contributed by atoms with Crippen LogP contribution >= 0.6 is 15.9 Å². The molecule has 3 nitrogen and oxygen atoms in total. The molecule has 2 aromatic carbocycles. The van der Waals surface area contributed by atoms with Crippen molar-refractivity contribution < 1.29 is 4.79 Å². The largest absolute Gasteiger partial charge is 0.337 e. The van der Waals surface area contributed by atoms with Gasteiger partial charge in [0.15, 0.2) is 0 Å². The van der Waals surface area contributed by atoms with Crippen LogP contribution in [0.15, 0.2) is 46.9 Å². The summed E-state index contributed by atoms with van der Waals surface area (Å²) < 4.78 is 3.04. The van der Waals surface area contributed by atoms with E-state index in [0.717, 1.165) is 45.3 Å². The molecule has 0 aliphatic rings. The Labute approximate surface area is 150 Å². The van der Waals surface area contributed by atoms with Crippen LogP contribution in [0.4, 0.5) is 5.69 Å². The smallest absolute Gasteiger partial charge is 0.272 e. The number of halogens is 1. The number of aromatic nitrogens is 1. The van der Waals surface area contributed by atoms with Crippen molar-refractivity contribution in [1.82, 2.24) is 4.57 Å². The topological polar surface area (TPSA) is 34.0 Å². The summed E-state index contributed by atoms with van der Waals surface area (Å²) in [5, 5.41) is 4.18. The standard InChI is InChI=1S/C20H21BrN2O/c1-4-14-9-10-18-17(11-14)13(3)19(23(18)5-2)20(24)22-16-8-6-7-15(21)12-16/h6-12H,4-5H2,1-3H3,(H,22,24). The molecule has 0 saturated heterocycles. The van der Waals surface area contributed by atoms with Crippen molar-refractivity contribution in [3.8, 4) is 0 Å². The van der Waals surface area contributed by atoms with Crippen LogP contribution < -0.4 is 5.32 Å². The normalized spacial score (nSPS) is 11.0. The number of benzene rings is 2. The van der Waals surface area contributed by atoms with Crippen LogP contribution in [0, 0.1) is 6.92 Å². The molecule has 1 amide bonds. The van der Waals surface area contributed by atoms with Gasteiger partial charge in [0.2, 0.25) is 0 Å². The summed E-state index contributed by atoms with van der Waals surface area (Å²) in [4.78, 5) is 12.9. The number of nitrogens with zero attached hydrogens (tertiary/aromatic N) is 1. The number of aryl methyl sites for hydroxylation is 3. The lowest BCUT2D eigenvalue weighted by Crippen LogP contribution is -2.17. The van der Waals surface area contributed by atoms with E-state index >= 15 is 0 Å². The Morgan fingerprint density at radius 2 is 1.96 bits per heavy atom. The predicted molar refractivity (Wildman–Crippen MR) is 104 cm³/mol. The second-order valence-corrected chi connectivity index (χ2v) is 6.80. The fourth-order valence-corrected chi connectivity index (χ4v) is 3.57. The van der Waals surface area contributed by atoms with Gasteiger partial charge in [-0.15, -0.1) is 0 Å². The van der Waals surface area contributed by atoms with Crippen molar-refractivity contribution in [2.45, 2.75) is 33.7 Å². The number of fused-ring (bicyclic) bond motifs is 1. The summed E-state index contributed by atoms with van der Waals surface area (Å²) in [6.07, 6.45) is 0.992. The molecule has 0 radical (unpaired) electrons. The molecule has 0 atom stereocenters. The average molecular weight is 385 g/mol. The molecule has 0 spiro atoms. The SMILES string of the molecule is CCc1ccc2c(c1)c(C)c(C(=O)Nc1cccc(Br)c1)n2CC. The van der Waals surface area contributed by atoms with Gasteiger partial charge < -0.3 is 9.88 Å². The molecule has 0 bridgehead atoms. The Morgan fingerprint density at radius 1 is 1.17 bits per heavy atom. The summed E-state index contributed by atoms with van der Waals surface area (Å²) in [5.41, 5.74) is 4.97. The van der Waals surface area contributed by atoms with E-state index < -0.39 is 0 Å².